The van der Waals surface area contributed by atoms with Gasteiger partial charge in [-0.05, 0) is 5.56 Å². The van der Waals surface area contributed by atoms with Crippen LogP contribution in [0.5, 0.6) is 5.75 Å². The first-order valence-electron chi connectivity index (χ1n) is 7.41. The quantitative estimate of drug-likeness (QED) is 0.426. The van der Waals surface area contributed by atoms with E-state index in [0.717, 1.165) is 12.3 Å². The number of amides is 1. The van der Waals surface area contributed by atoms with Gasteiger partial charge in [0, 0.05) is 13.2 Å². The predicted molar refractivity (Wildman–Crippen MR) is 93.3 cm³/mol. The molecule has 0 aliphatic carbocycles. The molecule has 11 nitrogen and oxygen atoms in total. The Hall–Kier alpha value is -3.86. The number of nitro groups is 2. The van der Waals surface area contributed by atoms with Crippen molar-refractivity contribution in [3.8, 4) is 5.75 Å². The third-order valence-electron chi connectivity index (χ3n) is 3.47. The molecule has 2 N–H and O–H groups in total. The average Bonchev–Trinajstić information content (AvgIpc) is 2.64. The number of nitrogens with zero attached hydrogens (tertiary/aromatic N) is 3. The van der Waals surface area contributed by atoms with E-state index in [-0.39, 0.29) is 5.56 Å². The number of ether oxygens (including phenoxy) is 1. The first-order valence-corrected chi connectivity index (χ1v) is 7.41. The number of aromatic hydroxyl groups is 1. The number of carbonyl (C=O) groups is 1. The van der Waals surface area contributed by atoms with Gasteiger partial charge in [-0.2, -0.15) is 5.10 Å². The number of benzene rings is 2. The number of carbonyl (C=O) groups excluding carboxylic acids is 1. The number of nitrogens with one attached hydrogen (secondary N) is 1. The third kappa shape index (κ3) is 4.61. The molecule has 1 atom stereocenters. The number of hydrogen-bond acceptors (Lipinski definition) is 8. The maximum absolute atomic E-state index is 12.2. The van der Waals surface area contributed by atoms with E-state index in [0.29, 0.717) is 11.6 Å². The zero-order valence-electron chi connectivity index (χ0n) is 13.9. The normalized spacial score (nSPS) is 11.9. The molecule has 1 unspecified atom stereocenters. The van der Waals surface area contributed by atoms with E-state index in [1.807, 2.05) is 0 Å². The van der Waals surface area contributed by atoms with Crippen molar-refractivity contribution in [2.24, 2.45) is 5.10 Å². The summed E-state index contributed by atoms with van der Waals surface area (Å²) in [6.07, 6.45) is -0.0957. The van der Waals surface area contributed by atoms with E-state index < -0.39 is 39.0 Å². The van der Waals surface area contributed by atoms with Gasteiger partial charge in [-0.25, -0.2) is 5.43 Å². The van der Waals surface area contributed by atoms with Crippen LogP contribution in [-0.4, -0.2) is 34.2 Å². The van der Waals surface area contributed by atoms with Crippen LogP contribution in [0.4, 0.5) is 11.4 Å². The van der Waals surface area contributed by atoms with Gasteiger partial charge in [0.1, 0.15) is 0 Å². The SMILES string of the molecule is COC(C(=O)N/N=C/c1cc([N+](=O)[O-])cc([N+](=O)[O-])c1O)c1ccccc1. The van der Waals surface area contributed by atoms with Crippen molar-refractivity contribution < 1.29 is 24.5 Å². The highest BCUT2D eigenvalue weighted by Crippen LogP contribution is 2.33. The monoisotopic (exact) mass is 374 g/mol. The maximum atomic E-state index is 12.2. The minimum absolute atomic E-state index is 0.301. The predicted octanol–water partition coefficient (Wildman–Crippen LogP) is 2.05. The molecule has 27 heavy (non-hydrogen) atoms. The van der Waals surface area contributed by atoms with E-state index in [1.165, 1.54) is 7.11 Å². The van der Waals surface area contributed by atoms with Crippen LogP contribution >= 0.6 is 0 Å². The Bertz CT molecular complexity index is 899. The van der Waals surface area contributed by atoms with Crippen molar-refractivity contribution in [3.05, 3.63) is 73.8 Å². The van der Waals surface area contributed by atoms with Crippen molar-refractivity contribution in [1.82, 2.24) is 5.43 Å². The maximum Gasteiger partial charge on any atom is 0.318 e. The van der Waals surface area contributed by atoms with Gasteiger partial charge in [0.2, 0.25) is 5.75 Å². The van der Waals surface area contributed by atoms with E-state index in [1.54, 1.807) is 30.3 Å². The van der Waals surface area contributed by atoms with Gasteiger partial charge in [0.15, 0.2) is 6.10 Å². The van der Waals surface area contributed by atoms with E-state index >= 15 is 0 Å². The fraction of sp³-hybridized carbons (Fsp3) is 0.125. The molecule has 0 radical (unpaired) electrons. The lowest BCUT2D eigenvalue weighted by molar-refractivity contribution is -0.394. The summed E-state index contributed by atoms with van der Waals surface area (Å²) >= 11 is 0. The number of methoxy groups -OCH3 is 1. The summed E-state index contributed by atoms with van der Waals surface area (Å²) in [6.45, 7) is 0. The Balaban J connectivity index is 2.23. The van der Waals surface area contributed by atoms with E-state index in [9.17, 15) is 30.1 Å². The van der Waals surface area contributed by atoms with Crippen molar-refractivity contribution in [3.63, 3.8) is 0 Å². The van der Waals surface area contributed by atoms with Crippen molar-refractivity contribution in [2.45, 2.75) is 6.10 Å². The second-order valence-electron chi connectivity index (χ2n) is 5.18. The molecule has 0 aliphatic rings. The Kier molecular flexibility index (Phi) is 6.12. The van der Waals surface area contributed by atoms with Crippen LogP contribution in [0, 0.1) is 20.2 Å². The van der Waals surface area contributed by atoms with E-state index in [2.05, 4.69) is 10.5 Å². The molecule has 140 valence electrons. The van der Waals surface area contributed by atoms with Gasteiger partial charge in [-0.1, -0.05) is 30.3 Å². The highest BCUT2D eigenvalue weighted by atomic mass is 16.6. The standard InChI is InChI=1S/C16H14N4O7/c1-27-15(10-5-3-2-4-6-10)16(22)18-17-9-11-7-12(19(23)24)8-13(14(11)21)20(25)26/h2-9,15,21H,1H3,(H,18,22)/b17-9+. The summed E-state index contributed by atoms with van der Waals surface area (Å²) in [5, 5.41) is 35.2. The van der Waals surface area contributed by atoms with E-state index in [4.69, 9.17) is 4.74 Å². The number of hydrogen-bond donors (Lipinski definition) is 2. The summed E-state index contributed by atoms with van der Waals surface area (Å²) in [4.78, 5) is 32.1. The van der Waals surface area contributed by atoms with Crippen molar-refractivity contribution in [2.75, 3.05) is 7.11 Å². The van der Waals surface area contributed by atoms with Crippen LogP contribution in [0.15, 0.2) is 47.6 Å². The molecule has 1 amide bonds. The van der Waals surface area contributed by atoms with Crippen molar-refractivity contribution in [1.29, 1.82) is 0 Å². The first-order chi connectivity index (χ1) is 12.8. The Morgan fingerprint density at radius 2 is 1.89 bits per heavy atom. The Morgan fingerprint density at radius 1 is 1.22 bits per heavy atom. The minimum atomic E-state index is -0.964. The molecule has 2 aromatic carbocycles. The summed E-state index contributed by atoms with van der Waals surface area (Å²) in [5.41, 5.74) is 0.974. The average molecular weight is 374 g/mol. The van der Waals surface area contributed by atoms with Gasteiger partial charge in [-0.15, -0.1) is 0 Å². The lowest BCUT2D eigenvalue weighted by Gasteiger charge is -2.13. The fourth-order valence-corrected chi connectivity index (χ4v) is 2.22. The molecule has 0 heterocycles. The molecule has 0 aromatic heterocycles. The highest BCUT2D eigenvalue weighted by molar-refractivity contribution is 5.89. The summed E-state index contributed by atoms with van der Waals surface area (Å²) < 4.78 is 5.11. The number of phenols is 1. The lowest BCUT2D eigenvalue weighted by Crippen LogP contribution is -2.26. The molecule has 0 bridgehead atoms. The zero-order chi connectivity index (χ0) is 20.0. The van der Waals surface area contributed by atoms with Gasteiger partial charge >= 0.3 is 5.69 Å². The van der Waals surface area contributed by atoms with Gasteiger partial charge < -0.3 is 9.84 Å². The van der Waals surface area contributed by atoms with Crippen LogP contribution in [0.2, 0.25) is 0 Å². The molecule has 2 aromatic rings. The Morgan fingerprint density at radius 3 is 2.44 bits per heavy atom. The molecule has 11 heteroatoms. The molecular formula is C16H14N4O7. The van der Waals surface area contributed by atoms with Crippen LogP contribution < -0.4 is 5.43 Å². The summed E-state index contributed by atoms with van der Waals surface area (Å²) in [7, 11) is 1.33. The minimum Gasteiger partial charge on any atom is -0.502 e. The molecule has 0 fully saturated rings. The number of non-ortho nitro benzene ring substituents is 1. The Labute approximate surface area is 152 Å². The van der Waals surface area contributed by atoms with Crippen LogP contribution in [0.1, 0.15) is 17.2 Å². The summed E-state index contributed by atoms with van der Waals surface area (Å²) in [6, 6.07) is 10.1. The number of hydrazone groups is 1. The van der Waals surface area contributed by atoms with Gasteiger partial charge in [0.25, 0.3) is 11.6 Å². The number of phenolic OH excluding ortho intramolecular Hbond substituents is 1. The van der Waals surface area contributed by atoms with Crippen LogP contribution in [-0.2, 0) is 9.53 Å². The zero-order valence-corrected chi connectivity index (χ0v) is 13.9. The molecule has 2 rings (SSSR count). The fourth-order valence-electron chi connectivity index (χ4n) is 2.22. The molecular weight excluding hydrogens is 360 g/mol. The van der Waals surface area contributed by atoms with Crippen LogP contribution in [0.3, 0.4) is 0 Å². The topological polar surface area (TPSA) is 157 Å². The molecule has 0 saturated carbocycles. The number of nitro benzene ring substituents is 2. The van der Waals surface area contributed by atoms with Crippen molar-refractivity contribution >= 4 is 23.5 Å². The first kappa shape index (κ1) is 19.5. The second-order valence-corrected chi connectivity index (χ2v) is 5.18. The molecule has 0 spiro atoms. The van der Waals surface area contributed by atoms with Gasteiger partial charge in [-0.3, -0.25) is 25.0 Å². The number of rotatable bonds is 7. The summed E-state index contributed by atoms with van der Waals surface area (Å²) in [5.74, 6) is -1.45. The lowest BCUT2D eigenvalue weighted by atomic mass is 10.1. The largest absolute Gasteiger partial charge is 0.502 e. The smallest absolute Gasteiger partial charge is 0.318 e. The van der Waals surface area contributed by atoms with Gasteiger partial charge in [0.05, 0.1) is 27.7 Å². The molecule has 0 aliphatic heterocycles. The second kappa shape index (κ2) is 8.49. The molecule has 0 saturated heterocycles. The highest BCUT2D eigenvalue weighted by Gasteiger charge is 2.23. The van der Waals surface area contributed by atoms with Crippen LogP contribution in [0.25, 0.3) is 0 Å². The third-order valence-corrected chi connectivity index (χ3v) is 3.47.